The van der Waals surface area contributed by atoms with E-state index in [-0.39, 0.29) is 36.0 Å². The Morgan fingerprint density at radius 3 is 2.36 bits per heavy atom. The first-order chi connectivity index (χ1) is 34.1. The fraction of sp³-hybridized carbons (Fsp3) is 0.695. The molecule has 1 saturated heterocycles. The largest absolute Gasteiger partial charge is 0.508 e. The molecule has 4 amide bonds. The number of amides is 4. The second-order valence-corrected chi connectivity index (χ2v) is 24.4. The van der Waals surface area contributed by atoms with Gasteiger partial charge in [-0.2, -0.15) is 0 Å². The smallest absolute Gasteiger partial charge is 0.407 e. The van der Waals surface area contributed by atoms with Crippen LogP contribution in [-0.4, -0.2) is 82.7 Å². The number of benzene rings is 1. The molecule has 3 saturated carbocycles. The quantitative estimate of drug-likeness (QED) is 0.0467. The Hall–Kier alpha value is -4.94. The number of nitrogens with one attached hydrogen (secondary N) is 3. The summed E-state index contributed by atoms with van der Waals surface area (Å²) in [6, 6.07) is 7.01. The lowest BCUT2D eigenvalue weighted by atomic mass is 9.47. The van der Waals surface area contributed by atoms with E-state index < -0.39 is 47.6 Å². The van der Waals surface area contributed by atoms with Crippen LogP contribution in [0.2, 0.25) is 0 Å². The van der Waals surface area contributed by atoms with E-state index >= 15 is 0 Å². The van der Waals surface area contributed by atoms with Gasteiger partial charge in [0, 0.05) is 32.0 Å². The van der Waals surface area contributed by atoms with Gasteiger partial charge < -0.3 is 35.4 Å². The molecule has 13 nitrogen and oxygen atoms in total. The predicted octanol–water partition coefficient (Wildman–Crippen LogP) is 9.68. The summed E-state index contributed by atoms with van der Waals surface area (Å²) in [4.78, 5) is 71.0. The molecule has 11 atom stereocenters. The maximum Gasteiger partial charge on any atom is 0.407 e. The highest BCUT2D eigenvalue weighted by molar-refractivity contribution is 5.98. The van der Waals surface area contributed by atoms with E-state index in [1.54, 1.807) is 60.7 Å². The number of aromatic nitrogens is 1. The summed E-state index contributed by atoms with van der Waals surface area (Å²) in [5.74, 6) is 2.66. The van der Waals surface area contributed by atoms with Gasteiger partial charge in [-0.15, -0.1) is 0 Å². The van der Waals surface area contributed by atoms with Gasteiger partial charge in [-0.25, -0.2) is 14.2 Å². The second-order valence-electron chi connectivity index (χ2n) is 24.4. The highest BCUT2D eigenvalue weighted by Gasteiger charge is 2.59. The van der Waals surface area contributed by atoms with Crippen molar-refractivity contribution in [2.75, 3.05) is 13.1 Å². The summed E-state index contributed by atoms with van der Waals surface area (Å²) in [6.07, 6.45) is 20.3. The third-order valence-corrected chi connectivity index (χ3v) is 17.7. The van der Waals surface area contributed by atoms with E-state index in [0.29, 0.717) is 73.6 Å². The van der Waals surface area contributed by atoms with Crippen molar-refractivity contribution < 1.29 is 43.1 Å². The van der Waals surface area contributed by atoms with Crippen molar-refractivity contribution in [3.63, 3.8) is 0 Å². The van der Waals surface area contributed by atoms with Crippen molar-refractivity contribution in [2.45, 2.75) is 194 Å². The third-order valence-electron chi connectivity index (χ3n) is 17.7. The molecule has 1 aromatic heterocycles. The Morgan fingerprint density at radius 1 is 0.875 bits per heavy atom. The van der Waals surface area contributed by atoms with Gasteiger partial charge in [0.05, 0.1) is 0 Å². The summed E-state index contributed by atoms with van der Waals surface area (Å²) in [5, 5.41) is 18.8. The fourth-order valence-electron chi connectivity index (χ4n) is 14.0. The van der Waals surface area contributed by atoms with E-state index in [9.17, 15) is 29.1 Å². The number of phenols is 1. The van der Waals surface area contributed by atoms with Crippen LogP contribution in [0.5, 0.6) is 5.75 Å². The molecule has 0 radical (unpaired) electrons. The van der Waals surface area contributed by atoms with Crippen molar-refractivity contribution in [1.82, 2.24) is 20.9 Å². The Bertz CT molecular complexity index is 2260. The van der Waals surface area contributed by atoms with E-state index in [1.165, 1.54) is 62.7 Å². The normalized spacial score (nSPS) is 28.1. The standard InChI is InChI=1S/C59H87N5O8/c1-38(2)15-12-16-39(3)46-26-27-47-45-25-22-42-36-44(28-30-58(42,7)48(45)29-31-59(46,47)8)71-55(69)49(18-10-11-32-60-56(70)72-57(4,5)6)61-52(66)50(35-40-20-23-43(65)24-21-40)62-53(67)51-19-14-34-64(51)54(68)41-17-13-33-63(9)37-41/h13,17,20-24,33,37-39,44-51H,10-12,14-16,18-19,25-32,34-36H2,1-9H3,(H3-,60,61,62,65,66,67,70)/p+1/t39-,44?,45+,46-,47+,48+,49+,50+,51+,58+,59-/m1/s1. The molecule has 0 bridgehead atoms. The van der Waals surface area contributed by atoms with E-state index in [2.05, 4.69) is 56.6 Å². The zero-order valence-electron chi connectivity index (χ0n) is 45.1. The van der Waals surface area contributed by atoms with Gasteiger partial charge in [-0.3, -0.25) is 14.4 Å². The molecular formula is C59H88N5O8+. The predicted molar refractivity (Wildman–Crippen MR) is 278 cm³/mol. The van der Waals surface area contributed by atoms with E-state index in [0.717, 1.165) is 42.9 Å². The number of hydrogen-bond donors (Lipinski definition) is 4. The summed E-state index contributed by atoms with van der Waals surface area (Å²) in [5.41, 5.74) is 2.40. The number of nitrogens with zero attached hydrogens (tertiary/aromatic N) is 2. The van der Waals surface area contributed by atoms with Crippen LogP contribution >= 0.6 is 0 Å². The maximum atomic E-state index is 14.6. The molecule has 4 N–H and O–H groups in total. The van der Waals surface area contributed by atoms with Gasteiger partial charge in [0.2, 0.25) is 11.8 Å². The molecule has 72 heavy (non-hydrogen) atoms. The topological polar surface area (TPSA) is 167 Å². The molecule has 4 aliphatic carbocycles. The van der Waals surface area contributed by atoms with Gasteiger partial charge in [-0.05, 0) is 168 Å². The molecule has 2 heterocycles. The van der Waals surface area contributed by atoms with Crippen LogP contribution in [0, 0.1) is 46.3 Å². The molecule has 1 aliphatic heterocycles. The highest BCUT2D eigenvalue weighted by Crippen LogP contribution is 2.67. The van der Waals surface area contributed by atoms with Gasteiger partial charge in [0.1, 0.15) is 48.2 Å². The van der Waals surface area contributed by atoms with Crippen molar-refractivity contribution in [1.29, 1.82) is 0 Å². The number of aryl methyl sites for hydroxylation is 1. The van der Waals surface area contributed by atoms with Crippen LogP contribution in [-0.2, 0) is 37.3 Å². The summed E-state index contributed by atoms with van der Waals surface area (Å²) in [7, 11) is 1.83. The van der Waals surface area contributed by atoms with Crippen LogP contribution in [0.25, 0.3) is 0 Å². The monoisotopic (exact) mass is 995 g/mol. The van der Waals surface area contributed by atoms with Gasteiger partial charge in [0.25, 0.3) is 5.91 Å². The van der Waals surface area contributed by atoms with Gasteiger partial charge in [0.15, 0.2) is 12.4 Å². The number of aromatic hydroxyl groups is 1. The summed E-state index contributed by atoms with van der Waals surface area (Å²) < 4.78 is 13.6. The number of fused-ring (bicyclic) bond motifs is 5. The molecule has 1 aromatic carbocycles. The average Bonchev–Trinajstić information content (AvgIpc) is 3.96. The average molecular weight is 995 g/mol. The lowest BCUT2D eigenvalue weighted by Crippen LogP contribution is -2.56. The number of carbonyl (C=O) groups is 5. The molecule has 7 rings (SSSR count). The zero-order valence-corrected chi connectivity index (χ0v) is 45.1. The highest BCUT2D eigenvalue weighted by atomic mass is 16.6. The third kappa shape index (κ3) is 13.2. The number of esters is 1. The number of likely N-dealkylation sites (tertiary alicyclic amines) is 1. The lowest BCUT2D eigenvalue weighted by Gasteiger charge is -2.58. The Morgan fingerprint density at radius 2 is 1.64 bits per heavy atom. The number of unbranched alkanes of at least 4 members (excludes halogenated alkanes) is 1. The number of allylic oxidation sites excluding steroid dienone is 1. The molecule has 1 unspecified atom stereocenters. The van der Waals surface area contributed by atoms with Crippen LogP contribution in [0.15, 0.2) is 60.4 Å². The SMILES string of the molecule is CC(C)CCC[C@@H](C)[C@H]1CC[C@H]2[C@@H]3CC=C4CC(OC(=O)[C@H](CCCCNC(=O)OC(C)(C)C)NC(=O)[C@H](Cc5ccc(O)cc5)NC(=O)[C@@H]5CCCN5C(=O)c5ccc[n+](C)c5)CC[C@]4(C)[C@H]3CC[C@]12C. The molecule has 13 heteroatoms. The first-order valence-electron chi connectivity index (χ1n) is 27.7. The minimum atomic E-state index is -1.12. The Labute approximate surface area is 430 Å². The number of ether oxygens (including phenoxy) is 2. The number of alkyl carbamates (subject to hydrolysis) is 1. The first-order valence-corrected chi connectivity index (χ1v) is 27.7. The fourth-order valence-corrected chi connectivity index (χ4v) is 14.0. The Kier molecular flexibility index (Phi) is 17.9. The van der Waals surface area contributed by atoms with E-state index in [4.69, 9.17) is 9.47 Å². The molecule has 4 fully saturated rings. The van der Waals surface area contributed by atoms with Crippen LogP contribution in [0.3, 0.4) is 0 Å². The van der Waals surface area contributed by atoms with Crippen LogP contribution < -0.4 is 20.5 Å². The molecule has 396 valence electrons. The number of rotatable bonds is 19. The first kappa shape index (κ1) is 54.8. The maximum absolute atomic E-state index is 14.6. The van der Waals surface area contributed by atoms with Crippen molar-refractivity contribution >= 4 is 29.8 Å². The zero-order chi connectivity index (χ0) is 52.0. The van der Waals surface area contributed by atoms with Gasteiger partial charge in [-0.1, -0.05) is 77.7 Å². The number of hydrogen-bond acceptors (Lipinski definition) is 8. The molecular weight excluding hydrogens is 907 g/mol. The second kappa shape index (κ2) is 23.5. The van der Waals surface area contributed by atoms with E-state index in [1.807, 2.05) is 13.2 Å². The number of phenolic OH excluding ortho intramolecular Hbond substituents is 1. The summed E-state index contributed by atoms with van der Waals surface area (Å²) >= 11 is 0. The van der Waals surface area contributed by atoms with Crippen LogP contribution in [0.1, 0.15) is 174 Å². The van der Waals surface area contributed by atoms with Crippen molar-refractivity contribution in [3.8, 4) is 5.75 Å². The lowest BCUT2D eigenvalue weighted by molar-refractivity contribution is -0.671. The minimum absolute atomic E-state index is 0.0654. The molecule has 5 aliphatic rings. The van der Waals surface area contributed by atoms with Crippen molar-refractivity contribution in [3.05, 3.63) is 71.6 Å². The summed E-state index contributed by atoms with van der Waals surface area (Å²) in [6.45, 7) is 18.4. The number of carbonyl (C=O) groups excluding carboxylic acids is 5. The number of pyridine rings is 1. The molecule has 0 spiro atoms. The van der Waals surface area contributed by atoms with Crippen LogP contribution in [0.4, 0.5) is 4.79 Å². The van der Waals surface area contributed by atoms with Gasteiger partial charge >= 0.3 is 12.1 Å². The Balaban J connectivity index is 1.04. The molecule has 2 aromatic rings. The minimum Gasteiger partial charge on any atom is -0.508 e. The van der Waals surface area contributed by atoms with Crippen molar-refractivity contribution in [2.24, 2.45) is 53.4 Å².